The Kier molecular flexibility index (Phi) is 2.87. The van der Waals surface area contributed by atoms with Gasteiger partial charge in [-0.25, -0.2) is 4.79 Å². The van der Waals surface area contributed by atoms with Gasteiger partial charge in [0.15, 0.2) is 0 Å². The quantitative estimate of drug-likeness (QED) is 0.475. The fourth-order valence-corrected chi connectivity index (χ4v) is 2.33. The second kappa shape index (κ2) is 4.38. The molecule has 0 spiro atoms. The van der Waals surface area contributed by atoms with E-state index in [1.807, 2.05) is 0 Å². The van der Waals surface area contributed by atoms with E-state index in [1.165, 1.54) is 0 Å². The summed E-state index contributed by atoms with van der Waals surface area (Å²) in [5, 5.41) is 0. The number of esters is 1. The van der Waals surface area contributed by atoms with Crippen molar-refractivity contribution in [2.45, 2.75) is 30.8 Å². The van der Waals surface area contributed by atoms with Crippen LogP contribution >= 0.6 is 0 Å². The summed E-state index contributed by atoms with van der Waals surface area (Å²) in [7, 11) is 0. The molecule has 0 amide bonds. The molecule has 0 bridgehead atoms. The zero-order chi connectivity index (χ0) is 11.8. The molecule has 3 fully saturated rings. The highest BCUT2D eigenvalue weighted by Gasteiger charge is 2.46. The van der Waals surface area contributed by atoms with Crippen LogP contribution in [0.25, 0.3) is 0 Å². The minimum absolute atomic E-state index is 0.157. The van der Waals surface area contributed by atoms with Crippen molar-refractivity contribution in [2.75, 3.05) is 20.2 Å². The SMILES string of the molecule is C=C1CC(C2OCOC3COCOC32)OC1=O. The summed E-state index contributed by atoms with van der Waals surface area (Å²) in [6.07, 6.45) is -0.557. The van der Waals surface area contributed by atoms with E-state index in [9.17, 15) is 4.79 Å². The van der Waals surface area contributed by atoms with Gasteiger partial charge in [0.05, 0.1) is 6.61 Å². The van der Waals surface area contributed by atoms with Crippen molar-refractivity contribution < 1.29 is 28.5 Å². The van der Waals surface area contributed by atoms with Crippen LogP contribution in [0, 0.1) is 0 Å². The predicted molar refractivity (Wildman–Crippen MR) is 53.9 cm³/mol. The van der Waals surface area contributed by atoms with E-state index >= 15 is 0 Å². The number of ether oxygens (including phenoxy) is 5. The summed E-state index contributed by atoms with van der Waals surface area (Å²) in [5.41, 5.74) is 0.480. The van der Waals surface area contributed by atoms with E-state index in [0.717, 1.165) is 0 Å². The maximum atomic E-state index is 11.3. The minimum atomic E-state index is -0.353. The highest BCUT2D eigenvalue weighted by molar-refractivity contribution is 5.90. The van der Waals surface area contributed by atoms with Crippen molar-refractivity contribution in [1.29, 1.82) is 0 Å². The third kappa shape index (κ3) is 1.97. The van der Waals surface area contributed by atoms with Crippen molar-refractivity contribution in [3.63, 3.8) is 0 Å². The maximum Gasteiger partial charge on any atom is 0.333 e. The topological polar surface area (TPSA) is 63.2 Å². The smallest absolute Gasteiger partial charge is 0.333 e. The summed E-state index contributed by atoms with van der Waals surface area (Å²) in [5.74, 6) is -0.353. The van der Waals surface area contributed by atoms with Crippen LogP contribution in [-0.2, 0) is 28.5 Å². The van der Waals surface area contributed by atoms with Crippen LogP contribution < -0.4 is 0 Å². The summed E-state index contributed by atoms with van der Waals surface area (Å²) < 4.78 is 26.8. The van der Waals surface area contributed by atoms with Crippen LogP contribution in [0.2, 0.25) is 0 Å². The van der Waals surface area contributed by atoms with E-state index in [2.05, 4.69) is 6.58 Å². The van der Waals surface area contributed by atoms with E-state index < -0.39 is 0 Å². The normalized spacial score (nSPS) is 42.1. The van der Waals surface area contributed by atoms with E-state index in [4.69, 9.17) is 23.7 Å². The number of cyclic esters (lactones) is 1. The van der Waals surface area contributed by atoms with Gasteiger partial charge in [-0.2, -0.15) is 0 Å². The van der Waals surface area contributed by atoms with Crippen LogP contribution in [0.3, 0.4) is 0 Å². The molecule has 0 N–H and O–H groups in total. The molecule has 3 heterocycles. The van der Waals surface area contributed by atoms with Crippen molar-refractivity contribution in [1.82, 2.24) is 0 Å². The van der Waals surface area contributed by atoms with E-state index in [-0.39, 0.29) is 44.0 Å². The number of hydrogen-bond acceptors (Lipinski definition) is 6. The van der Waals surface area contributed by atoms with E-state index in [1.54, 1.807) is 0 Å². The van der Waals surface area contributed by atoms with Gasteiger partial charge < -0.3 is 23.7 Å². The first-order chi connectivity index (χ1) is 8.25. The molecule has 3 saturated heterocycles. The molecular weight excluding hydrogens is 228 g/mol. The monoisotopic (exact) mass is 242 g/mol. The molecule has 4 atom stereocenters. The van der Waals surface area contributed by atoms with Gasteiger partial charge in [0.25, 0.3) is 0 Å². The molecule has 17 heavy (non-hydrogen) atoms. The lowest BCUT2D eigenvalue weighted by atomic mass is 9.98. The van der Waals surface area contributed by atoms with Gasteiger partial charge in [0.2, 0.25) is 0 Å². The van der Waals surface area contributed by atoms with Gasteiger partial charge in [-0.1, -0.05) is 6.58 Å². The summed E-state index contributed by atoms with van der Waals surface area (Å²) in [4.78, 5) is 11.3. The van der Waals surface area contributed by atoms with Crippen molar-refractivity contribution in [3.05, 3.63) is 12.2 Å². The summed E-state index contributed by atoms with van der Waals surface area (Å²) in [6, 6.07) is 0. The molecule has 3 aliphatic heterocycles. The molecule has 4 unspecified atom stereocenters. The van der Waals surface area contributed by atoms with E-state index in [0.29, 0.717) is 18.6 Å². The minimum Gasteiger partial charge on any atom is -0.456 e. The third-order valence-corrected chi connectivity index (χ3v) is 3.22. The maximum absolute atomic E-state index is 11.3. The Morgan fingerprint density at radius 1 is 1.06 bits per heavy atom. The largest absolute Gasteiger partial charge is 0.456 e. The fraction of sp³-hybridized carbons (Fsp3) is 0.727. The molecule has 6 heteroatoms. The average Bonchev–Trinajstić information content (AvgIpc) is 2.69. The van der Waals surface area contributed by atoms with Gasteiger partial charge in [-0.05, 0) is 0 Å². The first-order valence-electron chi connectivity index (χ1n) is 5.57. The highest BCUT2D eigenvalue weighted by Crippen LogP contribution is 2.30. The molecule has 3 rings (SSSR count). The Labute approximate surface area is 98.4 Å². The molecule has 0 saturated carbocycles. The van der Waals surface area contributed by atoms with Crippen LogP contribution in [0.4, 0.5) is 0 Å². The Morgan fingerprint density at radius 3 is 2.59 bits per heavy atom. The van der Waals surface area contributed by atoms with Crippen LogP contribution in [0.5, 0.6) is 0 Å². The number of carbonyl (C=O) groups is 1. The molecule has 0 aliphatic carbocycles. The van der Waals surface area contributed by atoms with Crippen molar-refractivity contribution in [2.24, 2.45) is 0 Å². The van der Waals surface area contributed by atoms with Crippen LogP contribution in [-0.4, -0.2) is 50.6 Å². The Bertz CT molecular complexity index is 323. The lowest BCUT2D eigenvalue weighted by Crippen LogP contribution is -2.56. The Balaban J connectivity index is 1.73. The molecular formula is C11H14O6. The number of fused-ring (bicyclic) bond motifs is 1. The van der Waals surface area contributed by atoms with Gasteiger partial charge in [-0.3, -0.25) is 0 Å². The van der Waals surface area contributed by atoms with Crippen molar-refractivity contribution in [3.8, 4) is 0 Å². The molecule has 0 aromatic rings. The Hall–Kier alpha value is -0.950. The molecule has 94 valence electrons. The number of rotatable bonds is 1. The molecule has 0 aromatic heterocycles. The first-order valence-corrected chi connectivity index (χ1v) is 5.57. The van der Waals surface area contributed by atoms with Crippen LogP contribution in [0.15, 0.2) is 12.2 Å². The standard InChI is InChI=1S/C11H14O6/c1-6-2-7(17-11(6)12)9-10-8(14-5-16-9)3-13-4-15-10/h7-10H,1-5H2. The molecule has 6 nitrogen and oxygen atoms in total. The second-order valence-corrected chi connectivity index (χ2v) is 4.33. The first kappa shape index (κ1) is 11.2. The van der Waals surface area contributed by atoms with Gasteiger partial charge in [0, 0.05) is 12.0 Å². The molecule has 3 aliphatic rings. The molecule has 0 aromatic carbocycles. The lowest BCUT2D eigenvalue weighted by molar-refractivity contribution is -0.312. The second-order valence-electron chi connectivity index (χ2n) is 4.33. The van der Waals surface area contributed by atoms with Gasteiger partial charge in [-0.15, -0.1) is 0 Å². The van der Waals surface area contributed by atoms with Crippen LogP contribution in [0.1, 0.15) is 6.42 Å². The molecule has 0 radical (unpaired) electrons. The van der Waals surface area contributed by atoms with Gasteiger partial charge >= 0.3 is 5.97 Å². The summed E-state index contributed by atoms with van der Waals surface area (Å²) in [6.45, 7) is 4.52. The number of hydrogen-bond donors (Lipinski definition) is 0. The zero-order valence-electron chi connectivity index (χ0n) is 9.29. The number of carbonyl (C=O) groups excluding carboxylic acids is 1. The predicted octanol–water partition coefficient (Wildman–Crippen LogP) is -0.0275. The fourth-order valence-electron chi connectivity index (χ4n) is 2.33. The zero-order valence-corrected chi connectivity index (χ0v) is 9.29. The Morgan fingerprint density at radius 2 is 1.82 bits per heavy atom. The summed E-state index contributed by atoms with van der Waals surface area (Å²) >= 11 is 0. The van der Waals surface area contributed by atoms with Crippen molar-refractivity contribution >= 4 is 5.97 Å². The highest BCUT2D eigenvalue weighted by atomic mass is 16.8. The van der Waals surface area contributed by atoms with Gasteiger partial charge in [0.1, 0.15) is 38.0 Å². The average molecular weight is 242 g/mol. The third-order valence-electron chi connectivity index (χ3n) is 3.22. The lowest BCUT2D eigenvalue weighted by Gasteiger charge is -2.41.